The van der Waals surface area contributed by atoms with E-state index in [0.29, 0.717) is 31.5 Å². The second kappa shape index (κ2) is 8.91. The Morgan fingerprint density at radius 2 is 1.73 bits per heavy atom. The number of aromatic nitrogens is 1. The first-order chi connectivity index (χ1) is 14.6. The van der Waals surface area contributed by atoms with E-state index in [4.69, 9.17) is 4.74 Å². The van der Waals surface area contributed by atoms with Crippen LogP contribution >= 0.6 is 0 Å². The van der Waals surface area contributed by atoms with Crippen LogP contribution in [0, 0.1) is 5.92 Å². The minimum atomic E-state index is -0.0476. The molecule has 0 aliphatic carbocycles. The van der Waals surface area contributed by atoms with Gasteiger partial charge >= 0.3 is 0 Å². The number of hydrogen-bond acceptors (Lipinski definition) is 4. The first kappa shape index (κ1) is 19.8. The van der Waals surface area contributed by atoms with Crippen LogP contribution in [0.2, 0.25) is 0 Å². The molecule has 0 N–H and O–H groups in total. The molecule has 5 nitrogen and oxygen atoms in total. The van der Waals surface area contributed by atoms with Gasteiger partial charge in [0.2, 0.25) is 5.91 Å². The molecule has 1 fully saturated rings. The summed E-state index contributed by atoms with van der Waals surface area (Å²) in [7, 11) is 1.61. The molecule has 1 aromatic heterocycles. The van der Waals surface area contributed by atoms with Crippen molar-refractivity contribution in [1.29, 1.82) is 0 Å². The number of carbonyl (C=O) groups excluding carboxylic acids is 2. The molecule has 4 rings (SSSR count). The van der Waals surface area contributed by atoms with E-state index in [1.807, 2.05) is 36.4 Å². The zero-order valence-electron chi connectivity index (χ0n) is 17.0. The first-order valence-electron chi connectivity index (χ1n) is 10.1. The molecule has 1 amide bonds. The molecule has 0 radical (unpaired) electrons. The standard InChI is InChI=1S/C25H24N2O3/c1-30-22-11-7-19(8-12-22)25(29)20-14-16-27(17-15-20)24(28)13-10-21-9-6-18-4-2-3-5-23(18)26-21/h2-13,20H,14-17H2,1H3. The van der Waals surface area contributed by atoms with E-state index in [-0.39, 0.29) is 17.6 Å². The van der Waals surface area contributed by atoms with Crippen LogP contribution in [0.3, 0.4) is 0 Å². The molecular formula is C25H24N2O3. The van der Waals surface area contributed by atoms with Crippen molar-refractivity contribution >= 4 is 28.7 Å². The van der Waals surface area contributed by atoms with Crippen LogP contribution in [-0.2, 0) is 4.79 Å². The van der Waals surface area contributed by atoms with Gasteiger partial charge in [-0.1, -0.05) is 24.3 Å². The quantitative estimate of drug-likeness (QED) is 0.471. The summed E-state index contributed by atoms with van der Waals surface area (Å²) < 4.78 is 5.14. The fraction of sp³-hybridized carbons (Fsp3) is 0.240. The van der Waals surface area contributed by atoms with E-state index >= 15 is 0 Å². The summed E-state index contributed by atoms with van der Waals surface area (Å²) in [5.74, 6) is 0.786. The summed E-state index contributed by atoms with van der Waals surface area (Å²) in [5.41, 5.74) is 2.36. The lowest BCUT2D eigenvalue weighted by atomic mass is 9.89. The third-order valence-corrected chi connectivity index (χ3v) is 5.57. The molecule has 1 aliphatic heterocycles. The zero-order chi connectivity index (χ0) is 20.9. The lowest BCUT2D eigenvalue weighted by molar-refractivity contribution is -0.127. The second-order valence-corrected chi connectivity index (χ2v) is 7.45. The van der Waals surface area contributed by atoms with E-state index in [2.05, 4.69) is 4.98 Å². The molecule has 152 valence electrons. The number of rotatable bonds is 5. The van der Waals surface area contributed by atoms with Crippen molar-refractivity contribution in [3.8, 4) is 5.75 Å². The summed E-state index contributed by atoms with van der Waals surface area (Å²) in [5, 5.41) is 1.07. The van der Waals surface area contributed by atoms with Gasteiger partial charge in [0.1, 0.15) is 5.75 Å². The molecule has 2 aromatic carbocycles. The number of methoxy groups -OCH3 is 1. The smallest absolute Gasteiger partial charge is 0.246 e. The van der Waals surface area contributed by atoms with E-state index in [0.717, 1.165) is 22.3 Å². The van der Waals surface area contributed by atoms with E-state index in [9.17, 15) is 9.59 Å². The Labute approximate surface area is 176 Å². The van der Waals surface area contributed by atoms with Crippen LogP contribution in [0.4, 0.5) is 0 Å². The number of amides is 1. The number of piperidine rings is 1. The molecule has 1 aliphatic rings. The maximum atomic E-state index is 12.7. The minimum absolute atomic E-state index is 0.0414. The van der Waals surface area contributed by atoms with Gasteiger partial charge in [-0.15, -0.1) is 0 Å². The van der Waals surface area contributed by atoms with Crippen LogP contribution in [-0.4, -0.2) is 41.8 Å². The maximum absolute atomic E-state index is 12.7. The van der Waals surface area contributed by atoms with Gasteiger partial charge in [-0.2, -0.15) is 0 Å². The Hall–Kier alpha value is -3.47. The number of carbonyl (C=O) groups is 2. The number of ketones is 1. The number of benzene rings is 2. The SMILES string of the molecule is COc1ccc(C(=O)C2CCN(C(=O)C=Cc3ccc4ccccc4n3)CC2)cc1. The van der Waals surface area contributed by atoms with Crippen LogP contribution in [0.5, 0.6) is 5.75 Å². The molecule has 0 bridgehead atoms. The van der Waals surface area contributed by atoms with Crippen LogP contribution in [0.25, 0.3) is 17.0 Å². The van der Waals surface area contributed by atoms with Crippen molar-refractivity contribution in [1.82, 2.24) is 9.88 Å². The maximum Gasteiger partial charge on any atom is 0.246 e. The van der Waals surface area contributed by atoms with Crippen molar-refractivity contribution in [3.05, 3.63) is 78.0 Å². The molecule has 0 saturated carbocycles. The van der Waals surface area contributed by atoms with E-state index < -0.39 is 0 Å². The first-order valence-corrected chi connectivity index (χ1v) is 10.1. The number of ether oxygens (including phenoxy) is 1. The zero-order valence-corrected chi connectivity index (χ0v) is 17.0. The average Bonchev–Trinajstić information content (AvgIpc) is 2.82. The van der Waals surface area contributed by atoms with E-state index in [1.54, 1.807) is 48.4 Å². The monoisotopic (exact) mass is 400 g/mol. The Morgan fingerprint density at radius 1 is 1.00 bits per heavy atom. The van der Waals surface area contributed by atoms with Crippen LogP contribution in [0.1, 0.15) is 28.9 Å². The van der Waals surface area contributed by atoms with E-state index in [1.165, 1.54) is 0 Å². The topological polar surface area (TPSA) is 59.5 Å². The summed E-state index contributed by atoms with van der Waals surface area (Å²) in [6.07, 6.45) is 4.68. The molecular weight excluding hydrogens is 376 g/mol. The number of nitrogens with zero attached hydrogens (tertiary/aromatic N) is 2. The van der Waals surface area contributed by atoms with Gasteiger partial charge in [-0.25, -0.2) is 4.98 Å². The third kappa shape index (κ3) is 4.40. The normalized spacial score (nSPS) is 14.9. The summed E-state index contributed by atoms with van der Waals surface area (Å²) in [6.45, 7) is 1.17. The Balaban J connectivity index is 1.34. The molecule has 1 saturated heterocycles. The minimum Gasteiger partial charge on any atom is -0.497 e. The molecule has 3 aromatic rings. The number of likely N-dealkylation sites (tertiary alicyclic amines) is 1. The van der Waals surface area contributed by atoms with Gasteiger partial charge in [0.25, 0.3) is 0 Å². The Bertz CT molecular complexity index is 1080. The molecule has 0 unspecified atom stereocenters. The van der Waals surface area contributed by atoms with Crippen molar-refractivity contribution in [2.24, 2.45) is 5.92 Å². The summed E-state index contributed by atoms with van der Waals surface area (Å²) >= 11 is 0. The Morgan fingerprint density at radius 3 is 2.47 bits per heavy atom. The fourth-order valence-electron chi connectivity index (χ4n) is 3.79. The van der Waals surface area contributed by atoms with Crippen molar-refractivity contribution in [2.75, 3.05) is 20.2 Å². The van der Waals surface area contributed by atoms with Gasteiger partial charge in [-0.3, -0.25) is 9.59 Å². The molecule has 2 heterocycles. The van der Waals surface area contributed by atoms with Gasteiger partial charge in [-0.05, 0) is 55.3 Å². The van der Waals surface area contributed by atoms with Crippen molar-refractivity contribution in [3.63, 3.8) is 0 Å². The number of fused-ring (bicyclic) bond motifs is 1. The molecule has 0 atom stereocenters. The predicted molar refractivity (Wildman–Crippen MR) is 117 cm³/mol. The number of hydrogen-bond donors (Lipinski definition) is 0. The summed E-state index contributed by atoms with van der Waals surface area (Å²) in [6, 6.07) is 19.0. The highest BCUT2D eigenvalue weighted by molar-refractivity contribution is 5.98. The largest absolute Gasteiger partial charge is 0.497 e. The van der Waals surface area contributed by atoms with Crippen LogP contribution < -0.4 is 4.74 Å². The lowest BCUT2D eigenvalue weighted by Crippen LogP contribution is -2.39. The van der Waals surface area contributed by atoms with Gasteiger partial charge < -0.3 is 9.64 Å². The molecule has 30 heavy (non-hydrogen) atoms. The molecule has 0 spiro atoms. The predicted octanol–water partition coefficient (Wildman–Crippen LogP) is 4.38. The number of para-hydroxylation sites is 1. The highest BCUT2D eigenvalue weighted by Crippen LogP contribution is 2.23. The van der Waals surface area contributed by atoms with Gasteiger partial charge in [0, 0.05) is 36.0 Å². The van der Waals surface area contributed by atoms with Crippen molar-refractivity contribution < 1.29 is 14.3 Å². The van der Waals surface area contributed by atoms with Crippen molar-refractivity contribution in [2.45, 2.75) is 12.8 Å². The van der Waals surface area contributed by atoms with Gasteiger partial charge in [0.05, 0.1) is 18.3 Å². The lowest BCUT2D eigenvalue weighted by Gasteiger charge is -2.30. The number of pyridine rings is 1. The fourth-order valence-corrected chi connectivity index (χ4v) is 3.79. The highest BCUT2D eigenvalue weighted by atomic mass is 16.5. The molecule has 5 heteroatoms. The van der Waals surface area contributed by atoms with Crippen LogP contribution in [0.15, 0.2) is 66.7 Å². The Kier molecular flexibility index (Phi) is 5.89. The second-order valence-electron chi connectivity index (χ2n) is 7.45. The summed E-state index contributed by atoms with van der Waals surface area (Å²) in [4.78, 5) is 31.7. The average molecular weight is 400 g/mol. The van der Waals surface area contributed by atoms with Gasteiger partial charge in [0.15, 0.2) is 5.78 Å². The third-order valence-electron chi connectivity index (χ3n) is 5.57. The number of Topliss-reactive ketones (excluding diaryl/α,β-unsaturated/α-hetero) is 1. The highest BCUT2D eigenvalue weighted by Gasteiger charge is 2.27.